The van der Waals surface area contributed by atoms with Crippen LogP contribution in [0.5, 0.6) is 0 Å². The predicted octanol–water partition coefficient (Wildman–Crippen LogP) is 2.35. The molecule has 1 aromatic carbocycles. The van der Waals surface area contributed by atoms with Crippen molar-refractivity contribution in [2.45, 2.75) is 25.9 Å². The second-order valence-electron chi connectivity index (χ2n) is 8.85. The van der Waals surface area contributed by atoms with Gasteiger partial charge in [-0.15, -0.1) is 0 Å². The van der Waals surface area contributed by atoms with E-state index in [9.17, 15) is 19.2 Å². The first kappa shape index (κ1) is 26.6. The van der Waals surface area contributed by atoms with Crippen molar-refractivity contribution < 1.29 is 19.1 Å². The van der Waals surface area contributed by atoms with Crippen molar-refractivity contribution in [2.75, 3.05) is 24.6 Å². The molecule has 0 saturated carbocycles. The SMILES string of the molecule is CCOC(=O)CC1C(=O)NCCN1c1nc2ccccn2c(=O)c1/C=C1\SC(=S)N(Cc2ccccc2)C1=O. The molecule has 5 rings (SSSR count). The number of carbonyl (C=O) groups excluding carboxylic acids is 3. The van der Waals surface area contributed by atoms with Crippen molar-refractivity contribution in [3.05, 3.63) is 81.1 Å². The van der Waals surface area contributed by atoms with Crippen LogP contribution in [-0.2, 0) is 25.7 Å². The molecular weight excluding hydrogens is 538 g/mol. The maximum absolute atomic E-state index is 13.7. The second kappa shape index (κ2) is 11.4. The molecule has 2 saturated heterocycles. The summed E-state index contributed by atoms with van der Waals surface area (Å²) < 4.78 is 6.84. The molecule has 4 heterocycles. The van der Waals surface area contributed by atoms with Crippen molar-refractivity contribution in [1.29, 1.82) is 0 Å². The molecule has 2 aromatic heterocycles. The average Bonchev–Trinajstić information content (AvgIpc) is 3.19. The molecule has 0 bridgehead atoms. The zero-order chi connectivity index (χ0) is 27.5. The van der Waals surface area contributed by atoms with Crippen molar-refractivity contribution in [1.82, 2.24) is 19.6 Å². The van der Waals surface area contributed by atoms with E-state index in [0.717, 1.165) is 17.3 Å². The van der Waals surface area contributed by atoms with E-state index in [1.165, 1.54) is 15.4 Å². The smallest absolute Gasteiger partial charge is 0.308 e. The molecule has 2 fully saturated rings. The van der Waals surface area contributed by atoms with E-state index >= 15 is 0 Å². The minimum atomic E-state index is -0.935. The Morgan fingerprint density at radius 2 is 1.95 bits per heavy atom. The van der Waals surface area contributed by atoms with E-state index in [0.29, 0.717) is 29.6 Å². The Bertz CT molecular complexity index is 1560. The molecule has 12 heteroatoms. The van der Waals surface area contributed by atoms with Crippen molar-refractivity contribution in [3.8, 4) is 0 Å². The number of hydrogen-bond donors (Lipinski definition) is 1. The summed E-state index contributed by atoms with van der Waals surface area (Å²) in [5, 5.41) is 2.77. The van der Waals surface area contributed by atoms with Gasteiger partial charge in [-0.3, -0.25) is 28.5 Å². The molecule has 2 amide bonds. The van der Waals surface area contributed by atoms with Gasteiger partial charge in [0.15, 0.2) is 0 Å². The molecule has 1 atom stereocenters. The summed E-state index contributed by atoms with van der Waals surface area (Å²) in [7, 11) is 0. The summed E-state index contributed by atoms with van der Waals surface area (Å²) in [5.74, 6) is -1.02. The summed E-state index contributed by atoms with van der Waals surface area (Å²) in [5.41, 5.74) is 1.00. The average molecular weight is 564 g/mol. The van der Waals surface area contributed by atoms with Crippen LogP contribution in [-0.4, -0.2) is 62.1 Å². The number of hydrogen-bond acceptors (Lipinski definition) is 9. The number of nitrogens with one attached hydrogen (secondary N) is 1. The van der Waals surface area contributed by atoms with E-state index < -0.39 is 17.6 Å². The van der Waals surface area contributed by atoms with Crippen LogP contribution in [0.15, 0.2) is 64.4 Å². The standard InChI is InChI=1S/C27H25N5O5S2/c1-2-37-22(33)15-19-24(34)28-11-13-30(19)23-18(25(35)31-12-7-6-10-21(31)29-23)14-20-26(36)32(27(38)39-20)16-17-8-4-3-5-9-17/h3-10,12,14,19H,2,11,13,15-16H2,1H3,(H,28,34)/b20-14-. The normalized spacial score (nSPS) is 18.6. The number of esters is 1. The van der Waals surface area contributed by atoms with Crippen LogP contribution in [0.1, 0.15) is 24.5 Å². The summed E-state index contributed by atoms with van der Waals surface area (Å²) in [6.07, 6.45) is 2.86. The van der Waals surface area contributed by atoms with Gasteiger partial charge < -0.3 is 15.0 Å². The van der Waals surface area contributed by atoms with Gasteiger partial charge in [-0.1, -0.05) is 60.4 Å². The third kappa shape index (κ3) is 5.43. The highest BCUT2D eigenvalue weighted by Crippen LogP contribution is 2.35. The van der Waals surface area contributed by atoms with Crippen LogP contribution >= 0.6 is 24.0 Å². The van der Waals surface area contributed by atoms with Gasteiger partial charge in [0.2, 0.25) is 5.91 Å². The number of aromatic nitrogens is 2. The van der Waals surface area contributed by atoms with Crippen LogP contribution < -0.4 is 15.8 Å². The number of ether oxygens (including phenoxy) is 1. The lowest BCUT2D eigenvalue weighted by Gasteiger charge is -2.36. The number of carbonyl (C=O) groups is 3. The zero-order valence-corrected chi connectivity index (χ0v) is 22.7. The van der Waals surface area contributed by atoms with Gasteiger partial charge in [0, 0.05) is 19.3 Å². The Kier molecular flexibility index (Phi) is 7.75. The van der Waals surface area contributed by atoms with Crippen molar-refractivity contribution in [2.24, 2.45) is 0 Å². The predicted molar refractivity (Wildman–Crippen MR) is 152 cm³/mol. The molecule has 0 radical (unpaired) electrons. The molecule has 1 unspecified atom stereocenters. The fraction of sp³-hybridized carbons (Fsp3) is 0.259. The van der Waals surface area contributed by atoms with Crippen LogP contribution in [0.4, 0.5) is 5.82 Å². The van der Waals surface area contributed by atoms with Crippen LogP contribution in [0.25, 0.3) is 11.7 Å². The molecule has 0 spiro atoms. The highest BCUT2D eigenvalue weighted by Gasteiger charge is 2.36. The first-order chi connectivity index (χ1) is 18.9. The molecule has 10 nitrogen and oxygen atoms in total. The maximum Gasteiger partial charge on any atom is 0.308 e. The van der Waals surface area contributed by atoms with Crippen molar-refractivity contribution in [3.63, 3.8) is 0 Å². The van der Waals surface area contributed by atoms with E-state index in [1.807, 2.05) is 30.3 Å². The quantitative estimate of drug-likeness (QED) is 0.263. The third-order valence-electron chi connectivity index (χ3n) is 6.35. The number of thiocarbonyl (C=S) groups is 1. The fourth-order valence-corrected chi connectivity index (χ4v) is 5.76. The van der Waals surface area contributed by atoms with Gasteiger partial charge in [-0.25, -0.2) is 4.98 Å². The minimum absolute atomic E-state index is 0.127. The highest BCUT2D eigenvalue weighted by atomic mass is 32.2. The number of anilines is 1. The molecule has 2 aliphatic rings. The summed E-state index contributed by atoms with van der Waals surface area (Å²) >= 11 is 6.60. The molecule has 0 aliphatic carbocycles. The number of amides is 2. The number of piperazine rings is 1. The Morgan fingerprint density at radius 3 is 2.72 bits per heavy atom. The summed E-state index contributed by atoms with van der Waals surface area (Å²) in [4.78, 5) is 60.5. The largest absolute Gasteiger partial charge is 0.466 e. The van der Waals surface area contributed by atoms with Gasteiger partial charge >= 0.3 is 5.97 Å². The topological polar surface area (TPSA) is 113 Å². The van der Waals surface area contributed by atoms with E-state index in [4.69, 9.17) is 21.9 Å². The lowest BCUT2D eigenvalue weighted by molar-refractivity contribution is -0.145. The van der Waals surface area contributed by atoms with Crippen LogP contribution in [0.3, 0.4) is 0 Å². The second-order valence-corrected chi connectivity index (χ2v) is 10.5. The molecule has 2 aliphatic heterocycles. The third-order valence-corrected chi connectivity index (χ3v) is 7.73. The van der Waals surface area contributed by atoms with Gasteiger partial charge in [-0.2, -0.15) is 0 Å². The van der Waals surface area contributed by atoms with Crippen molar-refractivity contribution >= 4 is 63.6 Å². The monoisotopic (exact) mass is 563 g/mol. The molecule has 3 aromatic rings. The van der Waals surface area contributed by atoms with E-state index in [1.54, 1.807) is 36.2 Å². The molecular formula is C27H25N5O5S2. The molecule has 200 valence electrons. The molecule has 39 heavy (non-hydrogen) atoms. The number of pyridine rings is 1. The van der Waals surface area contributed by atoms with E-state index in [2.05, 4.69) is 5.32 Å². The summed E-state index contributed by atoms with van der Waals surface area (Å²) in [6.45, 7) is 2.78. The minimum Gasteiger partial charge on any atom is -0.466 e. The lowest BCUT2D eigenvalue weighted by atomic mass is 10.1. The fourth-order valence-electron chi connectivity index (χ4n) is 4.52. The van der Waals surface area contributed by atoms with Crippen LogP contribution in [0.2, 0.25) is 0 Å². The number of benzene rings is 1. The first-order valence-corrected chi connectivity index (χ1v) is 13.6. The van der Waals surface area contributed by atoms with Gasteiger partial charge in [0.1, 0.15) is 21.8 Å². The zero-order valence-electron chi connectivity index (χ0n) is 21.0. The highest BCUT2D eigenvalue weighted by molar-refractivity contribution is 8.26. The number of rotatable bonds is 7. The van der Waals surface area contributed by atoms with Gasteiger partial charge in [0.25, 0.3) is 11.5 Å². The van der Waals surface area contributed by atoms with Crippen LogP contribution in [0, 0.1) is 0 Å². The number of nitrogens with zero attached hydrogens (tertiary/aromatic N) is 4. The van der Waals surface area contributed by atoms with E-state index in [-0.39, 0.29) is 41.1 Å². The Hall–Kier alpha value is -4.03. The Balaban J connectivity index is 1.59. The lowest BCUT2D eigenvalue weighted by Crippen LogP contribution is -2.57. The summed E-state index contributed by atoms with van der Waals surface area (Å²) in [6, 6.07) is 13.7. The number of thioether (sulfide) groups is 1. The molecule has 1 N–H and O–H groups in total. The van der Waals surface area contributed by atoms with Gasteiger partial charge in [0.05, 0.1) is 30.0 Å². The van der Waals surface area contributed by atoms with Gasteiger partial charge in [-0.05, 0) is 30.7 Å². The Labute approximate surface area is 233 Å². The Morgan fingerprint density at radius 1 is 1.18 bits per heavy atom. The first-order valence-electron chi connectivity index (χ1n) is 12.4. The maximum atomic E-state index is 13.7. The number of fused-ring (bicyclic) bond motifs is 1.